The van der Waals surface area contributed by atoms with Crippen molar-refractivity contribution in [3.63, 3.8) is 0 Å². The predicted molar refractivity (Wildman–Crippen MR) is 118 cm³/mol. The van der Waals surface area contributed by atoms with Gasteiger partial charge in [0.15, 0.2) is 5.96 Å². The first kappa shape index (κ1) is 21.2. The maximum atomic E-state index is 5.89. The van der Waals surface area contributed by atoms with Gasteiger partial charge in [0.05, 0.1) is 6.54 Å². The molecule has 0 amide bonds. The molecule has 6 nitrogen and oxygen atoms in total. The lowest BCUT2D eigenvalue weighted by atomic mass is 10.1. The van der Waals surface area contributed by atoms with Crippen LogP contribution >= 0.6 is 35.6 Å². The van der Waals surface area contributed by atoms with Gasteiger partial charge in [-0.25, -0.2) is 0 Å². The van der Waals surface area contributed by atoms with Gasteiger partial charge in [-0.05, 0) is 36.8 Å². The van der Waals surface area contributed by atoms with E-state index < -0.39 is 0 Å². The number of guanidine groups is 1. The second-order valence-electron chi connectivity index (χ2n) is 5.78. The summed E-state index contributed by atoms with van der Waals surface area (Å²) in [7, 11) is 1.72. The maximum absolute atomic E-state index is 5.89. The van der Waals surface area contributed by atoms with Crippen LogP contribution in [0.15, 0.2) is 58.0 Å². The van der Waals surface area contributed by atoms with Gasteiger partial charge in [0.1, 0.15) is 0 Å². The van der Waals surface area contributed by atoms with E-state index in [0.717, 1.165) is 5.56 Å². The maximum Gasteiger partial charge on any atom is 0.246 e. The van der Waals surface area contributed by atoms with Crippen LogP contribution in [0.1, 0.15) is 17.0 Å². The molecule has 2 aromatic carbocycles. The minimum atomic E-state index is 0. The lowest BCUT2D eigenvalue weighted by Gasteiger charge is -2.10. The zero-order valence-corrected chi connectivity index (χ0v) is 18.2. The van der Waals surface area contributed by atoms with Crippen LogP contribution < -0.4 is 10.6 Å². The Morgan fingerprint density at radius 3 is 2.37 bits per heavy atom. The number of hydrogen-bond donors (Lipinski definition) is 2. The van der Waals surface area contributed by atoms with E-state index in [1.54, 1.807) is 19.2 Å². The third-order valence-electron chi connectivity index (χ3n) is 3.78. The normalized spacial score (nSPS) is 11.0. The van der Waals surface area contributed by atoms with Gasteiger partial charge in [-0.2, -0.15) is 4.98 Å². The molecule has 27 heavy (non-hydrogen) atoms. The highest BCUT2D eigenvalue weighted by Gasteiger charge is 2.09. The van der Waals surface area contributed by atoms with Crippen LogP contribution in [0.4, 0.5) is 0 Å². The summed E-state index contributed by atoms with van der Waals surface area (Å²) in [6, 6.07) is 15.6. The topological polar surface area (TPSA) is 75.3 Å². The lowest BCUT2D eigenvalue weighted by molar-refractivity contribution is 0.375. The number of halogens is 2. The molecule has 8 heteroatoms. The molecule has 142 valence electrons. The number of nitrogens with one attached hydrogen (secondary N) is 2. The van der Waals surface area contributed by atoms with Gasteiger partial charge < -0.3 is 15.2 Å². The van der Waals surface area contributed by atoms with E-state index in [1.807, 2.05) is 12.1 Å². The molecule has 3 rings (SSSR count). The molecular weight excluding hydrogens is 477 g/mol. The second-order valence-corrected chi connectivity index (χ2v) is 6.22. The van der Waals surface area contributed by atoms with Crippen LogP contribution in [0.5, 0.6) is 0 Å². The zero-order chi connectivity index (χ0) is 18.4. The van der Waals surface area contributed by atoms with Crippen LogP contribution in [0.2, 0.25) is 5.02 Å². The predicted octanol–water partition coefficient (Wildman–Crippen LogP) is 4.18. The Morgan fingerprint density at radius 2 is 1.70 bits per heavy atom. The molecule has 0 aliphatic rings. The molecule has 0 aliphatic heterocycles. The van der Waals surface area contributed by atoms with E-state index in [1.165, 1.54) is 11.1 Å². The van der Waals surface area contributed by atoms with Gasteiger partial charge >= 0.3 is 0 Å². The fourth-order valence-corrected chi connectivity index (χ4v) is 2.44. The van der Waals surface area contributed by atoms with Gasteiger partial charge in [0.25, 0.3) is 0 Å². The summed E-state index contributed by atoms with van der Waals surface area (Å²) in [6.07, 6.45) is 0. The van der Waals surface area contributed by atoms with Crippen molar-refractivity contribution in [1.29, 1.82) is 0 Å². The molecule has 0 fully saturated rings. The average molecular weight is 498 g/mol. The first-order chi connectivity index (χ1) is 12.6. The molecular formula is C19H21ClIN5O. The molecule has 0 saturated carbocycles. The van der Waals surface area contributed by atoms with Crippen molar-refractivity contribution in [2.45, 2.75) is 20.0 Å². The van der Waals surface area contributed by atoms with Crippen molar-refractivity contribution in [3.8, 4) is 11.4 Å². The van der Waals surface area contributed by atoms with Gasteiger partial charge in [0, 0.05) is 24.2 Å². The summed E-state index contributed by atoms with van der Waals surface area (Å²) in [5, 5.41) is 11.1. The minimum Gasteiger partial charge on any atom is -0.352 e. The monoisotopic (exact) mass is 497 g/mol. The highest BCUT2D eigenvalue weighted by atomic mass is 127. The molecule has 0 bridgehead atoms. The largest absolute Gasteiger partial charge is 0.352 e. The Kier molecular flexibility index (Phi) is 8.05. The summed E-state index contributed by atoms with van der Waals surface area (Å²) >= 11 is 5.89. The number of benzene rings is 2. The zero-order valence-electron chi connectivity index (χ0n) is 15.1. The van der Waals surface area contributed by atoms with E-state index in [0.29, 0.717) is 35.8 Å². The van der Waals surface area contributed by atoms with Crippen molar-refractivity contribution in [3.05, 3.63) is 70.6 Å². The van der Waals surface area contributed by atoms with Crippen molar-refractivity contribution in [2.24, 2.45) is 4.99 Å². The molecule has 0 spiro atoms. The summed E-state index contributed by atoms with van der Waals surface area (Å²) in [6.45, 7) is 3.13. The summed E-state index contributed by atoms with van der Waals surface area (Å²) in [5.74, 6) is 1.67. The Bertz CT molecular complexity index is 878. The highest BCUT2D eigenvalue weighted by molar-refractivity contribution is 14.0. The standard InChI is InChI=1S/C19H20ClN5O.HI/c1-13-3-5-14(6-4-13)11-22-19(21-2)23-12-17-24-18(25-26-17)15-7-9-16(20)10-8-15;/h3-10H,11-12H2,1-2H3,(H2,21,22,23);1H. The van der Waals surface area contributed by atoms with E-state index in [-0.39, 0.29) is 24.0 Å². The molecule has 0 aliphatic carbocycles. The van der Waals surface area contributed by atoms with Crippen LogP contribution in [0, 0.1) is 6.92 Å². The SMILES string of the molecule is CN=C(NCc1ccc(C)cc1)NCc1nc(-c2ccc(Cl)cc2)no1.I. The molecule has 0 saturated heterocycles. The van der Waals surface area contributed by atoms with Crippen LogP contribution in [-0.4, -0.2) is 23.1 Å². The van der Waals surface area contributed by atoms with Gasteiger partial charge in [-0.1, -0.05) is 46.6 Å². The number of rotatable bonds is 5. The first-order valence-electron chi connectivity index (χ1n) is 8.22. The van der Waals surface area contributed by atoms with Crippen molar-refractivity contribution < 1.29 is 4.52 Å². The Labute approximate surface area is 180 Å². The number of aryl methyl sites for hydroxylation is 1. The average Bonchev–Trinajstić information content (AvgIpc) is 3.13. The van der Waals surface area contributed by atoms with Gasteiger partial charge in [0.2, 0.25) is 11.7 Å². The van der Waals surface area contributed by atoms with Crippen LogP contribution in [-0.2, 0) is 13.1 Å². The molecule has 3 aromatic rings. The fourth-order valence-electron chi connectivity index (χ4n) is 2.31. The van der Waals surface area contributed by atoms with Crippen LogP contribution in [0.25, 0.3) is 11.4 Å². The van der Waals surface area contributed by atoms with E-state index >= 15 is 0 Å². The van der Waals surface area contributed by atoms with Crippen molar-refractivity contribution >= 4 is 41.5 Å². The highest BCUT2D eigenvalue weighted by Crippen LogP contribution is 2.18. The second kappa shape index (κ2) is 10.3. The molecule has 2 N–H and O–H groups in total. The molecule has 0 radical (unpaired) electrons. The lowest BCUT2D eigenvalue weighted by Crippen LogP contribution is -2.36. The minimum absolute atomic E-state index is 0. The third kappa shape index (κ3) is 6.21. The quantitative estimate of drug-likeness (QED) is 0.314. The smallest absolute Gasteiger partial charge is 0.246 e. The van der Waals surface area contributed by atoms with Gasteiger partial charge in [-0.15, -0.1) is 24.0 Å². The molecule has 1 aromatic heterocycles. The van der Waals surface area contributed by atoms with Crippen LogP contribution in [0.3, 0.4) is 0 Å². The summed E-state index contributed by atoms with van der Waals surface area (Å²) < 4.78 is 5.28. The van der Waals surface area contributed by atoms with E-state index in [9.17, 15) is 0 Å². The van der Waals surface area contributed by atoms with Crippen molar-refractivity contribution in [2.75, 3.05) is 7.05 Å². The number of hydrogen-bond acceptors (Lipinski definition) is 4. The first-order valence-corrected chi connectivity index (χ1v) is 8.60. The number of nitrogens with zero attached hydrogens (tertiary/aromatic N) is 3. The third-order valence-corrected chi connectivity index (χ3v) is 4.03. The summed E-state index contributed by atoms with van der Waals surface area (Å²) in [5.41, 5.74) is 3.27. The number of aromatic nitrogens is 2. The Hall–Kier alpha value is -2.13. The molecule has 0 unspecified atom stereocenters. The van der Waals surface area contributed by atoms with Gasteiger partial charge in [-0.3, -0.25) is 4.99 Å². The molecule has 1 heterocycles. The Morgan fingerprint density at radius 1 is 1.04 bits per heavy atom. The molecule has 0 atom stereocenters. The van der Waals surface area contributed by atoms with Crippen molar-refractivity contribution in [1.82, 2.24) is 20.8 Å². The van der Waals surface area contributed by atoms with E-state index in [4.69, 9.17) is 16.1 Å². The summed E-state index contributed by atoms with van der Waals surface area (Å²) in [4.78, 5) is 8.58. The van der Waals surface area contributed by atoms with E-state index in [2.05, 4.69) is 57.0 Å². The Balaban J connectivity index is 0.00000261. The fraction of sp³-hybridized carbons (Fsp3) is 0.211. The number of aliphatic imine (C=N–C) groups is 1.